The Balaban J connectivity index is 3.68. The SMILES string of the molecule is COC(=O)c1c(CN)ncc(C(F)(F)F)c1C(F)F. The van der Waals surface area contributed by atoms with Crippen LogP contribution in [0.25, 0.3) is 0 Å². The summed E-state index contributed by atoms with van der Waals surface area (Å²) in [5, 5.41) is 0. The molecule has 0 fully saturated rings. The van der Waals surface area contributed by atoms with Crippen molar-refractivity contribution < 1.29 is 31.5 Å². The molecule has 0 amide bonds. The van der Waals surface area contributed by atoms with Gasteiger partial charge in [-0.1, -0.05) is 0 Å². The predicted molar refractivity (Wildman–Crippen MR) is 53.4 cm³/mol. The van der Waals surface area contributed by atoms with Crippen molar-refractivity contribution in [2.24, 2.45) is 5.73 Å². The third kappa shape index (κ3) is 2.98. The van der Waals surface area contributed by atoms with E-state index in [0.717, 1.165) is 7.11 Å². The summed E-state index contributed by atoms with van der Waals surface area (Å²) in [5.41, 5.74) is 0.716. The minimum absolute atomic E-state index is 0.232. The van der Waals surface area contributed by atoms with Crippen molar-refractivity contribution >= 4 is 5.97 Å². The summed E-state index contributed by atoms with van der Waals surface area (Å²) in [6.45, 7) is -0.470. The van der Waals surface area contributed by atoms with Crippen LogP contribution in [-0.2, 0) is 17.5 Å². The smallest absolute Gasteiger partial charge is 0.418 e. The van der Waals surface area contributed by atoms with Crippen LogP contribution in [-0.4, -0.2) is 18.1 Å². The van der Waals surface area contributed by atoms with Gasteiger partial charge in [-0.15, -0.1) is 0 Å². The highest BCUT2D eigenvalue weighted by molar-refractivity contribution is 5.92. The van der Waals surface area contributed by atoms with Crippen LogP contribution in [0.2, 0.25) is 0 Å². The molecule has 0 atom stereocenters. The van der Waals surface area contributed by atoms with Crippen LogP contribution < -0.4 is 5.73 Å². The Hall–Kier alpha value is -1.77. The second kappa shape index (κ2) is 5.47. The second-order valence-electron chi connectivity index (χ2n) is 3.40. The third-order valence-corrected chi connectivity index (χ3v) is 2.30. The lowest BCUT2D eigenvalue weighted by Crippen LogP contribution is -2.20. The van der Waals surface area contributed by atoms with Crippen molar-refractivity contribution in [3.8, 4) is 0 Å². The molecule has 0 bridgehead atoms. The van der Waals surface area contributed by atoms with Crippen LogP contribution in [0.3, 0.4) is 0 Å². The highest BCUT2D eigenvalue weighted by atomic mass is 19.4. The maximum atomic E-state index is 12.9. The molecule has 1 heterocycles. The molecular weight excluding hydrogens is 275 g/mol. The number of esters is 1. The third-order valence-electron chi connectivity index (χ3n) is 2.30. The van der Waals surface area contributed by atoms with E-state index in [-0.39, 0.29) is 11.9 Å². The quantitative estimate of drug-likeness (QED) is 0.683. The van der Waals surface area contributed by atoms with Gasteiger partial charge in [-0.25, -0.2) is 13.6 Å². The molecule has 0 unspecified atom stereocenters. The Labute approximate surface area is 104 Å². The van der Waals surface area contributed by atoms with E-state index >= 15 is 0 Å². The zero-order valence-corrected chi connectivity index (χ0v) is 9.59. The van der Waals surface area contributed by atoms with Gasteiger partial charge >= 0.3 is 12.1 Å². The summed E-state index contributed by atoms with van der Waals surface area (Å²) in [6.07, 6.45) is -8.34. The number of alkyl halides is 5. The van der Waals surface area contributed by atoms with E-state index in [0.29, 0.717) is 0 Å². The molecule has 1 aromatic rings. The van der Waals surface area contributed by atoms with Gasteiger partial charge in [0.15, 0.2) is 0 Å². The number of pyridine rings is 1. The first-order valence-corrected chi connectivity index (χ1v) is 4.89. The summed E-state index contributed by atoms with van der Waals surface area (Å²) in [7, 11) is 0.859. The van der Waals surface area contributed by atoms with Crippen molar-refractivity contribution in [2.75, 3.05) is 7.11 Å². The van der Waals surface area contributed by atoms with E-state index in [1.807, 2.05) is 0 Å². The molecule has 0 saturated heterocycles. The Morgan fingerprint density at radius 1 is 1.47 bits per heavy atom. The molecular formula is C10H9F5N2O2. The lowest BCUT2D eigenvalue weighted by Gasteiger charge is -2.17. The van der Waals surface area contributed by atoms with Crippen LogP contribution in [0.15, 0.2) is 6.20 Å². The molecule has 0 aliphatic carbocycles. The predicted octanol–water partition coefficient (Wildman–Crippen LogP) is 2.28. The fourth-order valence-electron chi connectivity index (χ4n) is 1.50. The molecule has 0 aliphatic rings. The lowest BCUT2D eigenvalue weighted by molar-refractivity contribution is -0.139. The van der Waals surface area contributed by atoms with E-state index < -0.39 is 41.8 Å². The number of carbonyl (C=O) groups excluding carboxylic acids is 1. The zero-order chi connectivity index (χ0) is 14.8. The van der Waals surface area contributed by atoms with E-state index in [1.165, 1.54) is 0 Å². The van der Waals surface area contributed by atoms with Gasteiger partial charge in [0.1, 0.15) is 0 Å². The van der Waals surface area contributed by atoms with E-state index in [4.69, 9.17) is 5.73 Å². The van der Waals surface area contributed by atoms with E-state index in [2.05, 4.69) is 9.72 Å². The maximum Gasteiger partial charge on any atom is 0.418 e. The minimum Gasteiger partial charge on any atom is -0.465 e. The second-order valence-corrected chi connectivity index (χ2v) is 3.40. The van der Waals surface area contributed by atoms with Crippen LogP contribution in [0, 0.1) is 0 Å². The van der Waals surface area contributed by atoms with Crippen molar-refractivity contribution in [1.29, 1.82) is 0 Å². The molecule has 4 nitrogen and oxygen atoms in total. The first kappa shape index (κ1) is 15.3. The number of nitrogens with two attached hydrogens (primary N) is 1. The average molecular weight is 284 g/mol. The molecule has 9 heteroatoms. The number of aromatic nitrogens is 1. The van der Waals surface area contributed by atoms with Crippen molar-refractivity contribution in [3.63, 3.8) is 0 Å². The fraction of sp³-hybridized carbons (Fsp3) is 0.400. The number of ether oxygens (including phenoxy) is 1. The summed E-state index contributed by atoms with van der Waals surface area (Å²) in [4.78, 5) is 14.7. The molecule has 1 aromatic heterocycles. The summed E-state index contributed by atoms with van der Waals surface area (Å²) in [6, 6.07) is 0. The standard InChI is InChI=1S/C10H9F5N2O2/c1-19-9(18)7-5(2-16)17-3-4(10(13,14)15)6(7)8(11)12/h3,8H,2,16H2,1H3. The Bertz CT molecular complexity index is 488. The molecule has 106 valence electrons. The number of halogens is 5. The van der Waals surface area contributed by atoms with E-state index in [1.54, 1.807) is 0 Å². The van der Waals surface area contributed by atoms with Crippen molar-refractivity contribution in [2.45, 2.75) is 19.1 Å². The van der Waals surface area contributed by atoms with Crippen molar-refractivity contribution in [3.05, 3.63) is 28.6 Å². The normalized spacial score (nSPS) is 11.8. The monoisotopic (exact) mass is 284 g/mol. The number of methoxy groups -OCH3 is 1. The Morgan fingerprint density at radius 2 is 2.05 bits per heavy atom. The Kier molecular flexibility index (Phi) is 4.40. The number of rotatable bonds is 3. The zero-order valence-electron chi connectivity index (χ0n) is 9.59. The maximum absolute atomic E-state index is 12.9. The van der Waals surface area contributed by atoms with Gasteiger partial charge in [0, 0.05) is 18.3 Å². The van der Waals surface area contributed by atoms with Gasteiger partial charge < -0.3 is 10.5 Å². The van der Waals surface area contributed by atoms with Crippen LogP contribution in [0.1, 0.15) is 33.6 Å². The number of hydrogen-bond acceptors (Lipinski definition) is 4. The van der Waals surface area contributed by atoms with Crippen LogP contribution >= 0.6 is 0 Å². The molecule has 0 aliphatic heterocycles. The first-order valence-electron chi connectivity index (χ1n) is 4.89. The van der Waals surface area contributed by atoms with Gasteiger partial charge in [0.25, 0.3) is 6.43 Å². The Morgan fingerprint density at radius 3 is 2.42 bits per heavy atom. The van der Waals surface area contributed by atoms with Gasteiger partial charge in [-0.3, -0.25) is 4.98 Å². The van der Waals surface area contributed by atoms with Gasteiger partial charge in [0.05, 0.1) is 23.9 Å². The molecule has 0 saturated carbocycles. The minimum atomic E-state index is -5.06. The van der Waals surface area contributed by atoms with Gasteiger partial charge in [0.2, 0.25) is 0 Å². The highest BCUT2D eigenvalue weighted by Gasteiger charge is 2.39. The average Bonchev–Trinajstić information content (AvgIpc) is 2.34. The highest BCUT2D eigenvalue weighted by Crippen LogP contribution is 2.38. The fourth-order valence-corrected chi connectivity index (χ4v) is 1.50. The summed E-state index contributed by atoms with van der Waals surface area (Å²) in [5.74, 6) is -1.34. The van der Waals surface area contributed by atoms with Crippen LogP contribution in [0.4, 0.5) is 22.0 Å². The lowest BCUT2D eigenvalue weighted by atomic mass is 10.0. The van der Waals surface area contributed by atoms with Crippen LogP contribution in [0.5, 0.6) is 0 Å². The molecule has 0 aromatic carbocycles. The molecule has 0 radical (unpaired) electrons. The first-order chi connectivity index (χ1) is 8.73. The van der Waals surface area contributed by atoms with Gasteiger partial charge in [-0.05, 0) is 0 Å². The largest absolute Gasteiger partial charge is 0.465 e. The molecule has 0 spiro atoms. The summed E-state index contributed by atoms with van der Waals surface area (Å²) < 4.78 is 67.8. The number of nitrogens with zero attached hydrogens (tertiary/aromatic N) is 1. The van der Waals surface area contributed by atoms with Gasteiger partial charge in [-0.2, -0.15) is 13.2 Å². The molecule has 2 N–H and O–H groups in total. The number of carbonyl (C=O) groups is 1. The molecule has 19 heavy (non-hydrogen) atoms. The van der Waals surface area contributed by atoms with E-state index in [9.17, 15) is 26.7 Å². The van der Waals surface area contributed by atoms with Crippen molar-refractivity contribution in [1.82, 2.24) is 4.98 Å². The molecule has 1 rings (SSSR count). The summed E-state index contributed by atoms with van der Waals surface area (Å²) >= 11 is 0. The topological polar surface area (TPSA) is 65.2 Å². The number of hydrogen-bond donors (Lipinski definition) is 1.